The lowest BCUT2D eigenvalue weighted by molar-refractivity contribution is 0.0702. The van der Waals surface area contributed by atoms with Crippen molar-refractivity contribution in [2.75, 3.05) is 11.4 Å². The summed E-state index contributed by atoms with van der Waals surface area (Å²) in [6.07, 6.45) is 0.828. The lowest BCUT2D eigenvalue weighted by Crippen LogP contribution is -2.42. The average Bonchev–Trinajstić information content (AvgIpc) is 2.55. The van der Waals surface area contributed by atoms with Crippen LogP contribution in [-0.2, 0) is 6.42 Å². The fourth-order valence-electron chi connectivity index (χ4n) is 2.44. The summed E-state index contributed by atoms with van der Waals surface area (Å²) in [6.45, 7) is 9.31. The zero-order valence-corrected chi connectivity index (χ0v) is 11.3. The highest BCUT2D eigenvalue weighted by Gasteiger charge is 2.33. The van der Waals surface area contributed by atoms with Crippen LogP contribution >= 0.6 is 0 Å². The number of aliphatic hydroxyl groups is 1. The van der Waals surface area contributed by atoms with Crippen LogP contribution in [0.1, 0.15) is 33.3 Å². The molecule has 1 aromatic rings. The Morgan fingerprint density at radius 1 is 1.41 bits per heavy atom. The van der Waals surface area contributed by atoms with Gasteiger partial charge in [-0.05, 0) is 31.9 Å². The Morgan fingerprint density at radius 3 is 2.71 bits per heavy atom. The highest BCUT2D eigenvalue weighted by molar-refractivity contribution is 5.59. The minimum atomic E-state index is -0.289. The van der Waals surface area contributed by atoms with Crippen molar-refractivity contribution in [2.45, 2.75) is 46.3 Å². The maximum absolute atomic E-state index is 9.85. The maximum atomic E-state index is 9.85. The van der Waals surface area contributed by atoms with Gasteiger partial charge < -0.3 is 10.0 Å². The molecule has 0 aromatic heterocycles. The summed E-state index contributed by atoms with van der Waals surface area (Å²) >= 11 is 0. The molecule has 0 bridgehead atoms. The molecule has 1 aromatic carbocycles. The molecule has 94 valence electrons. The van der Waals surface area contributed by atoms with Crippen LogP contribution in [0.15, 0.2) is 24.3 Å². The minimum Gasteiger partial charge on any atom is -0.393 e. The van der Waals surface area contributed by atoms with Crippen LogP contribution < -0.4 is 4.90 Å². The van der Waals surface area contributed by atoms with Gasteiger partial charge in [-0.1, -0.05) is 32.0 Å². The van der Waals surface area contributed by atoms with Gasteiger partial charge in [0.25, 0.3) is 0 Å². The van der Waals surface area contributed by atoms with E-state index in [1.54, 1.807) is 0 Å². The topological polar surface area (TPSA) is 23.5 Å². The molecule has 1 aliphatic rings. The molecule has 2 atom stereocenters. The van der Waals surface area contributed by atoms with Crippen LogP contribution in [0.25, 0.3) is 0 Å². The highest BCUT2D eigenvalue weighted by Crippen LogP contribution is 2.35. The fraction of sp³-hybridized carbons (Fsp3) is 0.600. The number of para-hydroxylation sites is 1. The minimum absolute atomic E-state index is 0.0777. The third-order valence-corrected chi connectivity index (χ3v) is 4.06. The summed E-state index contributed by atoms with van der Waals surface area (Å²) in [6, 6.07) is 9.14. The molecule has 0 aliphatic carbocycles. The summed E-state index contributed by atoms with van der Waals surface area (Å²) in [5, 5.41) is 9.85. The fourth-order valence-corrected chi connectivity index (χ4v) is 2.44. The van der Waals surface area contributed by atoms with Gasteiger partial charge in [0.15, 0.2) is 0 Å². The first kappa shape index (κ1) is 12.4. The molecule has 1 heterocycles. The summed E-state index contributed by atoms with van der Waals surface area (Å²) in [7, 11) is 0. The van der Waals surface area contributed by atoms with Gasteiger partial charge in [-0.3, -0.25) is 0 Å². The van der Waals surface area contributed by atoms with Gasteiger partial charge in [0.2, 0.25) is 0 Å². The summed E-state index contributed by atoms with van der Waals surface area (Å²) in [5.74, 6) is 0. The Kier molecular flexibility index (Phi) is 3.17. The molecule has 0 saturated heterocycles. The molecule has 1 N–H and O–H groups in total. The number of aliphatic hydroxyl groups excluding tert-OH is 1. The van der Waals surface area contributed by atoms with Gasteiger partial charge in [0, 0.05) is 23.7 Å². The number of rotatable bonds is 3. The lowest BCUT2D eigenvalue weighted by atomic mass is 9.86. The van der Waals surface area contributed by atoms with Crippen LogP contribution in [-0.4, -0.2) is 23.8 Å². The maximum Gasteiger partial charge on any atom is 0.0579 e. The van der Waals surface area contributed by atoms with Crippen molar-refractivity contribution in [1.29, 1.82) is 0 Å². The third-order valence-electron chi connectivity index (χ3n) is 4.06. The van der Waals surface area contributed by atoms with Crippen molar-refractivity contribution in [3.05, 3.63) is 29.8 Å². The zero-order chi connectivity index (χ0) is 12.6. The molecule has 2 rings (SSSR count). The molecule has 0 spiro atoms. The van der Waals surface area contributed by atoms with Crippen molar-refractivity contribution < 1.29 is 5.11 Å². The van der Waals surface area contributed by atoms with Gasteiger partial charge in [-0.15, -0.1) is 0 Å². The smallest absolute Gasteiger partial charge is 0.0579 e. The Morgan fingerprint density at radius 2 is 2.06 bits per heavy atom. The van der Waals surface area contributed by atoms with E-state index in [-0.39, 0.29) is 11.5 Å². The van der Waals surface area contributed by atoms with E-state index in [4.69, 9.17) is 0 Å². The van der Waals surface area contributed by atoms with E-state index in [9.17, 15) is 5.11 Å². The number of benzene rings is 1. The monoisotopic (exact) mass is 233 g/mol. The number of hydrogen-bond donors (Lipinski definition) is 1. The summed E-state index contributed by atoms with van der Waals surface area (Å²) in [5.41, 5.74) is 2.70. The van der Waals surface area contributed by atoms with E-state index < -0.39 is 0 Å². The van der Waals surface area contributed by atoms with Crippen LogP contribution in [0.2, 0.25) is 0 Å². The highest BCUT2D eigenvalue weighted by atomic mass is 16.3. The first-order valence-corrected chi connectivity index (χ1v) is 6.44. The Balaban J connectivity index is 2.23. The lowest BCUT2D eigenvalue weighted by Gasteiger charge is -2.36. The van der Waals surface area contributed by atoms with E-state index in [1.165, 1.54) is 11.3 Å². The van der Waals surface area contributed by atoms with Crippen molar-refractivity contribution in [1.82, 2.24) is 0 Å². The molecule has 0 saturated carbocycles. The SMILES string of the molecule is CC1Cc2ccccc2N1CC(C)(C)C(C)O. The van der Waals surface area contributed by atoms with E-state index in [1.807, 2.05) is 6.92 Å². The Labute approximate surface area is 104 Å². The van der Waals surface area contributed by atoms with Gasteiger partial charge in [-0.2, -0.15) is 0 Å². The molecular formula is C15H23NO. The van der Waals surface area contributed by atoms with Crippen LogP contribution in [0.4, 0.5) is 5.69 Å². The number of fused-ring (bicyclic) bond motifs is 1. The second-order valence-electron chi connectivity index (χ2n) is 5.97. The zero-order valence-electron chi connectivity index (χ0n) is 11.3. The van der Waals surface area contributed by atoms with E-state index >= 15 is 0 Å². The predicted octanol–water partition coefficient (Wildman–Crippen LogP) is 2.84. The molecule has 0 radical (unpaired) electrons. The molecule has 2 nitrogen and oxygen atoms in total. The van der Waals surface area contributed by atoms with Crippen molar-refractivity contribution >= 4 is 5.69 Å². The van der Waals surface area contributed by atoms with Gasteiger partial charge in [-0.25, -0.2) is 0 Å². The third kappa shape index (κ3) is 2.32. The normalized spacial score (nSPS) is 21.5. The van der Waals surface area contributed by atoms with Crippen molar-refractivity contribution in [3.63, 3.8) is 0 Å². The Bertz CT molecular complexity index is 398. The number of anilines is 1. The predicted molar refractivity (Wildman–Crippen MR) is 72.4 cm³/mol. The molecular weight excluding hydrogens is 210 g/mol. The standard InChI is InChI=1S/C15H23NO/c1-11-9-13-7-5-6-8-14(13)16(11)10-15(3,4)12(2)17/h5-8,11-12,17H,9-10H2,1-4H3. The number of hydrogen-bond acceptors (Lipinski definition) is 2. The Hall–Kier alpha value is -1.02. The summed E-state index contributed by atoms with van der Waals surface area (Å²) < 4.78 is 0. The van der Waals surface area contributed by atoms with E-state index in [2.05, 4.69) is 49.9 Å². The molecule has 17 heavy (non-hydrogen) atoms. The number of nitrogens with zero attached hydrogens (tertiary/aromatic N) is 1. The molecule has 0 fully saturated rings. The molecule has 2 heteroatoms. The molecule has 2 unspecified atom stereocenters. The van der Waals surface area contributed by atoms with Gasteiger partial charge >= 0.3 is 0 Å². The second kappa shape index (κ2) is 4.34. The average molecular weight is 233 g/mol. The first-order chi connectivity index (χ1) is 7.92. The van der Waals surface area contributed by atoms with Gasteiger partial charge in [0.05, 0.1) is 6.10 Å². The summed E-state index contributed by atoms with van der Waals surface area (Å²) in [4.78, 5) is 2.43. The van der Waals surface area contributed by atoms with Crippen LogP contribution in [0, 0.1) is 5.41 Å². The van der Waals surface area contributed by atoms with Crippen LogP contribution in [0.5, 0.6) is 0 Å². The van der Waals surface area contributed by atoms with Gasteiger partial charge in [0.1, 0.15) is 0 Å². The molecule has 0 amide bonds. The first-order valence-electron chi connectivity index (χ1n) is 6.44. The van der Waals surface area contributed by atoms with E-state index in [0.717, 1.165) is 13.0 Å². The van der Waals surface area contributed by atoms with Crippen molar-refractivity contribution in [3.8, 4) is 0 Å². The largest absolute Gasteiger partial charge is 0.393 e. The molecule has 1 aliphatic heterocycles. The van der Waals surface area contributed by atoms with E-state index in [0.29, 0.717) is 6.04 Å². The van der Waals surface area contributed by atoms with Crippen molar-refractivity contribution in [2.24, 2.45) is 5.41 Å². The quantitative estimate of drug-likeness (QED) is 0.867. The van der Waals surface area contributed by atoms with Crippen LogP contribution in [0.3, 0.4) is 0 Å². The second-order valence-corrected chi connectivity index (χ2v) is 5.97.